The summed E-state index contributed by atoms with van der Waals surface area (Å²) in [6.07, 6.45) is 1.64. The highest BCUT2D eigenvalue weighted by atomic mass is 19.1. The molecule has 2 aliphatic heterocycles. The van der Waals surface area contributed by atoms with E-state index < -0.39 is 6.04 Å². The Kier molecular flexibility index (Phi) is 6.96. The van der Waals surface area contributed by atoms with Crippen molar-refractivity contribution in [1.82, 2.24) is 10.2 Å². The van der Waals surface area contributed by atoms with Crippen LogP contribution in [0, 0.1) is 11.7 Å². The number of ether oxygens (including phenoxy) is 2. The highest BCUT2D eigenvalue weighted by Crippen LogP contribution is 2.22. The van der Waals surface area contributed by atoms with Crippen molar-refractivity contribution >= 4 is 5.91 Å². The second-order valence-electron chi connectivity index (χ2n) is 6.94. The second-order valence-corrected chi connectivity index (χ2v) is 6.94. The summed E-state index contributed by atoms with van der Waals surface area (Å²) in [5.74, 6) is -0.228. The normalized spacial score (nSPS) is 21.9. The quantitative estimate of drug-likeness (QED) is 0.789. The predicted octanol–water partition coefficient (Wildman–Crippen LogP) is 1.07. The van der Waals surface area contributed by atoms with E-state index in [-0.39, 0.29) is 23.7 Å². The molecular weight excluding hydrogens is 337 g/mol. The molecule has 2 heterocycles. The third-order valence-electron chi connectivity index (χ3n) is 5.29. The van der Waals surface area contributed by atoms with E-state index >= 15 is 0 Å². The van der Waals surface area contributed by atoms with Gasteiger partial charge >= 0.3 is 0 Å². The molecule has 6 nitrogen and oxygen atoms in total. The summed E-state index contributed by atoms with van der Waals surface area (Å²) in [5, 5.41) is 3.01. The molecule has 2 saturated heterocycles. The Hall–Kier alpha value is -1.54. The molecule has 0 spiro atoms. The zero-order chi connectivity index (χ0) is 18.4. The van der Waals surface area contributed by atoms with Crippen LogP contribution in [0.2, 0.25) is 0 Å². The number of carbonyl (C=O) groups excluding carboxylic acids is 1. The van der Waals surface area contributed by atoms with Crippen LogP contribution in [0.3, 0.4) is 0 Å². The fraction of sp³-hybridized carbons (Fsp3) is 0.632. The van der Waals surface area contributed by atoms with Gasteiger partial charge in [0.2, 0.25) is 5.91 Å². The van der Waals surface area contributed by atoms with E-state index in [1.807, 2.05) is 0 Å². The maximum absolute atomic E-state index is 13.3. The number of hydrogen-bond donors (Lipinski definition) is 2. The summed E-state index contributed by atoms with van der Waals surface area (Å²) in [7, 11) is 0. The number of benzene rings is 1. The first-order valence-electron chi connectivity index (χ1n) is 9.33. The molecule has 7 heteroatoms. The highest BCUT2D eigenvalue weighted by Gasteiger charge is 2.28. The van der Waals surface area contributed by atoms with Crippen molar-refractivity contribution in [2.24, 2.45) is 11.7 Å². The van der Waals surface area contributed by atoms with Gasteiger partial charge in [0.1, 0.15) is 5.82 Å². The number of hydrogen-bond acceptors (Lipinski definition) is 5. The Morgan fingerprint density at radius 3 is 2.42 bits per heavy atom. The van der Waals surface area contributed by atoms with Gasteiger partial charge in [-0.15, -0.1) is 0 Å². The first-order valence-corrected chi connectivity index (χ1v) is 9.33. The molecule has 2 aliphatic rings. The van der Waals surface area contributed by atoms with Crippen molar-refractivity contribution in [3.8, 4) is 0 Å². The van der Waals surface area contributed by atoms with Gasteiger partial charge in [-0.25, -0.2) is 4.39 Å². The van der Waals surface area contributed by atoms with E-state index in [0.29, 0.717) is 33.0 Å². The van der Waals surface area contributed by atoms with Gasteiger partial charge in [-0.2, -0.15) is 0 Å². The number of morpholine rings is 1. The fourth-order valence-corrected chi connectivity index (χ4v) is 3.64. The summed E-state index contributed by atoms with van der Waals surface area (Å²) in [5.41, 5.74) is 7.14. The van der Waals surface area contributed by atoms with E-state index in [0.717, 1.165) is 31.5 Å². The van der Waals surface area contributed by atoms with Crippen LogP contribution < -0.4 is 11.1 Å². The minimum absolute atomic E-state index is 0.0228. The smallest absolute Gasteiger partial charge is 0.237 e. The van der Waals surface area contributed by atoms with Crippen molar-refractivity contribution in [2.45, 2.75) is 24.9 Å². The average molecular weight is 365 g/mol. The molecule has 2 fully saturated rings. The molecule has 1 aromatic rings. The summed E-state index contributed by atoms with van der Waals surface area (Å²) >= 11 is 0. The molecule has 1 aromatic carbocycles. The molecule has 0 radical (unpaired) electrons. The molecule has 0 bridgehead atoms. The first-order chi connectivity index (χ1) is 12.6. The Bertz CT molecular complexity index is 572. The van der Waals surface area contributed by atoms with E-state index in [1.54, 1.807) is 12.1 Å². The van der Waals surface area contributed by atoms with Crippen LogP contribution in [0.1, 0.15) is 24.4 Å². The average Bonchev–Trinajstić information content (AvgIpc) is 2.70. The monoisotopic (exact) mass is 365 g/mol. The van der Waals surface area contributed by atoms with Gasteiger partial charge in [-0.3, -0.25) is 9.69 Å². The zero-order valence-corrected chi connectivity index (χ0v) is 15.0. The van der Waals surface area contributed by atoms with Crippen molar-refractivity contribution in [2.75, 3.05) is 46.1 Å². The van der Waals surface area contributed by atoms with Crippen LogP contribution in [0.5, 0.6) is 0 Å². The number of nitrogens with two attached hydrogens (primary N) is 1. The molecule has 0 aromatic heterocycles. The number of rotatable bonds is 6. The number of amides is 1. The second kappa shape index (κ2) is 9.41. The van der Waals surface area contributed by atoms with E-state index in [2.05, 4.69) is 10.2 Å². The van der Waals surface area contributed by atoms with Gasteiger partial charge in [0.15, 0.2) is 0 Å². The standard InChI is InChI=1S/C19H28FN3O3/c20-16-3-1-14(2-4-16)17(23-7-11-26-12-8-23)13-22-19(24)18(21)15-5-9-25-10-6-15/h1-4,15,17-18H,5-13,21H2,(H,22,24). The van der Waals surface area contributed by atoms with Gasteiger partial charge in [0, 0.05) is 32.8 Å². The van der Waals surface area contributed by atoms with Crippen molar-refractivity contribution in [3.05, 3.63) is 35.6 Å². The van der Waals surface area contributed by atoms with Crippen LogP contribution >= 0.6 is 0 Å². The molecule has 0 saturated carbocycles. The van der Waals surface area contributed by atoms with Crippen molar-refractivity contribution in [3.63, 3.8) is 0 Å². The molecule has 2 atom stereocenters. The fourth-order valence-electron chi connectivity index (χ4n) is 3.64. The molecule has 144 valence electrons. The van der Waals surface area contributed by atoms with E-state index in [4.69, 9.17) is 15.2 Å². The van der Waals surface area contributed by atoms with Crippen molar-refractivity contribution in [1.29, 1.82) is 0 Å². The lowest BCUT2D eigenvalue weighted by Gasteiger charge is -2.35. The summed E-state index contributed by atoms with van der Waals surface area (Å²) in [6, 6.07) is 5.93. The summed E-state index contributed by atoms with van der Waals surface area (Å²) < 4.78 is 24.1. The lowest BCUT2D eigenvalue weighted by Crippen LogP contribution is -2.50. The Morgan fingerprint density at radius 1 is 1.15 bits per heavy atom. The predicted molar refractivity (Wildman–Crippen MR) is 96.1 cm³/mol. The topological polar surface area (TPSA) is 76.8 Å². The van der Waals surface area contributed by atoms with Gasteiger partial charge in [0.05, 0.1) is 25.3 Å². The van der Waals surface area contributed by atoms with Crippen molar-refractivity contribution < 1.29 is 18.7 Å². The Morgan fingerprint density at radius 2 is 1.77 bits per heavy atom. The Balaban J connectivity index is 1.63. The molecule has 3 N–H and O–H groups in total. The maximum Gasteiger partial charge on any atom is 0.237 e. The lowest BCUT2D eigenvalue weighted by atomic mass is 9.91. The first kappa shape index (κ1) is 19.2. The minimum atomic E-state index is -0.516. The van der Waals surface area contributed by atoms with Crippen LogP contribution in [0.4, 0.5) is 4.39 Å². The SMILES string of the molecule is NC(C(=O)NCC(c1ccc(F)cc1)N1CCOCC1)C1CCOCC1. The maximum atomic E-state index is 13.3. The largest absolute Gasteiger partial charge is 0.381 e. The minimum Gasteiger partial charge on any atom is -0.381 e. The van der Waals surface area contributed by atoms with Gasteiger partial charge in [-0.05, 0) is 36.5 Å². The van der Waals surface area contributed by atoms with E-state index in [9.17, 15) is 9.18 Å². The molecule has 2 unspecified atom stereocenters. The third kappa shape index (κ3) is 5.01. The van der Waals surface area contributed by atoms with Gasteiger partial charge in [-0.1, -0.05) is 12.1 Å². The molecular formula is C19H28FN3O3. The number of nitrogens with one attached hydrogen (secondary N) is 1. The number of carbonyl (C=O) groups is 1. The summed E-state index contributed by atoms with van der Waals surface area (Å²) in [4.78, 5) is 14.8. The molecule has 0 aliphatic carbocycles. The van der Waals surface area contributed by atoms with Crippen LogP contribution in [-0.2, 0) is 14.3 Å². The Labute approximate surface area is 153 Å². The third-order valence-corrected chi connectivity index (χ3v) is 5.29. The molecule has 1 amide bonds. The molecule has 3 rings (SSSR count). The highest BCUT2D eigenvalue weighted by molar-refractivity contribution is 5.81. The number of nitrogens with zero attached hydrogens (tertiary/aromatic N) is 1. The van der Waals surface area contributed by atoms with Gasteiger partial charge < -0.3 is 20.5 Å². The van der Waals surface area contributed by atoms with E-state index in [1.165, 1.54) is 12.1 Å². The number of halogens is 1. The zero-order valence-electron chi connectivity index (χ0n) is 15.0. The van der Waals surface area contributed by atoms with Crippen LogP contribution in [0.15, 0.2) is 24.3 Å². The lowest BCUT2D eigenvalue weighted by molar-refractivity contribution is -0.124. The van der Waals surface area contributed by atoms with Gasteiger partial charge in [0.25, 0.3) is 0 Å². The van der Waals surface area contributed by atoms with Crippen LogP contribution in [-0.4, -0.2) is 62.9 Å². The van der Waals surface area contributed by atoms with Crippen LogP contribution in [0.25, 0.3) is 0 Å². The summed E-state index contributed by atoms with van der Waals surface area (Å²) in [6.45, 7) is 4.66. The molecule has 26 heavy (non-hydrogen) atoms.